The number of nitrogens with one attached hydrogen (secondary N) is 1. The molecule has 0 spiro atoms. The first-order valence-corrected chi connectivity index (χ1v) is 9.30. The van der Waals surface area contributed by atoms with E-state index in [1.54, 1.807) is 41.8 Å². The fraction of sp³-hybridized carbons (Fsp3) is 0. The zero-order chi connectivity index (χ0) is 18.0. The monoisotopic (exact) mass is 369 g/mol. The van der Waals surface area contributed by atoms with Gasteiger partial charge in [0.05, 0.1) is 0 Å². The lowest BCUT2D eigenvalue weighted by molar-refractivity contribution is -0.112. The zero-order valence-corrected chi connectivity index (χ0v) is 14.5. The summed E-state index contributed by atoms with van der Waals surface area (Å²) in [7, 11) is -2.48. The molecule has 1 aromatic carbocycles. The minimum Gasteiger partial charge on any atom is -0.321 e. The molecule has 3 rings (SSSR count). The maximum atomic E-state index is 12.4. The summed E-state index contributed by atoms with van der Waals surface area (Å²) < 4.78 is 12.3. The lowest BCUT2D eigenvalue weighted by Crippen LogP contribution is -2.13. The smallest absolute Gasteiger partial charge is 0.266 e. The first-order chi connectivity index (χ1) is 11.9. The van der Waals surface area contributed by atoms with E-state index in [1.165, 1.54) is 12.3 Å². The third-order valence-corrected chi connectivity index (χ3v) is 5.55. The van der Waals surface area contributed by atoms with Gasteiger partial charge in [0.25, 0.3) is 5.91 Å². The van der Waals surface area contributed by atoms with Gasteiger partial charge in [-0.1, -0.05) is 23.7 Å². The van der Waals surface area contributed by atoms with Crippen molar-refractivity contribution in [1.82, 2.24) is 4.98 Å². The Morgan fingerprint density at radius 2 is 2.20 bits per heavy atom. The quantitative estimate of drug-likeness (QED) is 0.389. The molecule has 5 nitrogen and oxygen atoms in total. The molecule has 1 aliphatic rings. The Morgan fingerprint density at radius 1 is 1.40 bits per heavy atom. The number of anilines is 1. The predicted octanol–water partition coefficient (Wildman–Crippen LogP) is 3.34. The number of benzene rings is 1. The first-order valence-electron chi connectivity index (χ1n) is 7.14. The maximum absolute atomic E-state index is 12.4. The number of nitrogens with zero attached hydrogens (tertiary/aromatic N) is 2. The summed E-state index contributed by atoms with van der Waals surface area (Å²) in [5.74, 6) is 3.10. The Hall–Kier alpha value is -2.88. The molecule has 0 saturated carbocycles. The second-order valence-electron chi connectivity index (χ2n) is 5.29. The highest BCUT2D eigenvalue weighted by molar-refractivity contribution is 8.03. The van der Waals surface area contributed by atoms with Crippen molar-refractivity contribution in [3.05, 3.63) is 63.8 Å². The van der Waals surface area contributed by atoms with Crippen molar-refractivity contribution in [2.45, 2.75) is 4.90 Å². The van der Waals surface area contributed by atoms with E-state index in [1.807, 2.05) is 6.07 Å². The molecule has 1 amide bonds. The number of hydrogen-bond donors (Lipinski definition) is 1. The molecule has 0 fully saturated rings. The number of amides is 1. The molecular formula is C18H12ClN3O2S. The van der Waals surface area contributed by atoms with E-state index in [9.17, 15) is 14.3 Å². The van der Waals surface area contributed by atoms with Gasteiger partial charge in [-0.3, -0.25) is 9.00 Å². The van der Waals surface area contributed by atoms with Gasteiger partial charge < -0.3 is 5.32 Å². The number of rotatable bonds is 3. The number of halogens is 1. The Morgan fingerprint density at radius 3 is 2.92 bits per heavy atom. The number of pyridine rings is 1. The van der Waals surface area contributed by atoms with E-state index in [4.69, 9.17) is 11.6 Å². The summed E-state index contributed by atoms with van der Waals surface area (Å²) >= 11 is 5.94. The molecule has 0 radical (unpaired) electrons. The van der Waals surface area contributed by atoms with E-state index in [-0.39, 0.29) is 10.7 Å². The molecule has 0 saturated heterocycles. The third-order valence-electron chi connectivity index (χ3n) is 3.56. The van der Waals surface area contributed by atoms with Crippen LogP contribution in [0.4, 0.5) is 5.69 Å². The van der Waals surface area contributed by atoms with E-state index in [0.29, 0.717) is 16.1 Å². The number of hydrogen-bond acceptors (Lipinski definition) is 4. The molecule has 124 valence electrons. The second kappa shape index (κ2) is 6.55. The van der Waals surface area contributed by atoms with Crippen molar-refractivity contribution in [2.75, 3.05) is 5.32 Å². The van der Waals surface area contributed by atoms with E-state index in [0.717, 1.165) is 5.56 Å². The Kier molecular flexibility index (Phi) is 4.45. The van der Waals surface area contributed by atoms with E-state index < -0.39 is 15.4 Å². The number of carbonyl (C=O) groups is 1. The second-order valence-corrected chi connectivity index (χ2v) is 7.81. The van der Waals surface area contributed by atoms with Crippen LogP contribution in [0.3, 0.4) is 0 Å². The van der Waals surface area contributed by atoms with Crippen molar-refractivity contribution in [3.63, 3.8) is 0 Å². The van der Waals surface area contributed by atoms with Crippen molar-refractivity contribution >= 4 is 50.7 Å². The lowest BCUT2D eigenvalue weighted by atomic mass is 10.1. The number of nitriles is 1. The summed E-state index contributed by atoms with van der Waals surface area (Å²) in [6, 6.07) is 10.2. The molecular weight excluding hydrogens is 358 g/mol. The largest absolute Gasteiger partial charge is 0.321 e. The Balaban J connectivity index is 1.88. The van der Waals surface area contributed by atoms with Crippen LogP contribution in [0.2, 0.25) is 5.15 Å². The summed E-state index contributed by atoms with van der Waals surface area (Å²) in [6.45, 7) is 0. The van der Waals surface area contributed by atoms with Gasteiger partial charge in [-0.15, -0.1) is 0 Å². The third kappa shape index (κ3) is 3.48. The summed E-state index contributed by atoms with van der Waals surface area (Å²) in [5, 5.41) is 13.6. The van der Waals surface area contributed by atoms with Crippen LogP contribution in [0, 0.1) is 11.3 Å². The molecule has 2 heterocycles. The molecule has 1 N–H and O–H groups in total. The van der Waals surface area contributed by atoms with Gasteiger partial charge in [-0.25, -0.2) is 4.98 Å². The van der Waals surface area contributed by atoms with Gasteiger partial charge >= 0.3 is 0 Å². The molecule has 1 unspecified atom stereocenters. The summed E-state index contributed by atoms with van der Waals surface area (Å²) in [6.07, 6.45) is 4.62. The molecule has 1 atom stereocenters. The highest BCUT2D eigenvalue weighted by Gasteiger charge is 2.17. The minimum atomic E-state index is -2.48. The van der Waals surface area contributed by atoms with Gasteiger partial charge in [-0.05, 0) is 47.2 Å². The first kappa shape index (κ1) is 17.0. The van der Waals surface area contributed by atoms with Gasteiger partial charge in [0, 0.05) is 31.9 Å². The lowest BCUT2D eigenvalue weighted by Gasteiger charge is -2.08. The van der Waals surface area contributed by atoms with Gasteiger partial charge in [0.1, 0.15) is 16.8 Å². The van der Waals surface area contributed by atoms with Crippen LogP contribution < -0.4 is 5.32 Å². The van der Waals surface area contributed by atoms with Crippen molar-refractivity contribution < 1.29 is 9.00 Å². The highest BCUT2D eigenvalue weighted by atomic mass is 35.5. The average molecular weight is 370 g/mol. The number of fused-ring (bicyclic) bond motifs is 1. The molecule has 1 aliphatic heterocycles. The van der Waals surface area contributed by atoms with Gasteiger partial charge in [-0.2, -0.15) is 5.26 Å². The van der Waals surface area contributed by atoms with Gasteiger partial charge in [0.2, 0.25) is 0 Å². The molecule has 0 aliphatic carbocycles. The maximum Gasteiger partial charge on any atom is 0.266 e. The Labute approximate surface area is 150 Å². The van der Waals surface area contributed by atoms with Crippen molar-refractivity contribution in [2.24, 2.45) is 0 Å². The predicted molar refractivity (Wildman–Crippen MR) is 100 cm³/mol. The molecule has 25 heavy (non-hydrogen) atoms. The SMILES string of the molecule is C=S1(=O)C=Cc2ccc(NC(=O)/C(C#N)=C/c3cccnc3Cl)cc21. The van der Waals surface area contributed by atoms with Crippen LogP contribution in [0.15, 0.2) is 52.4 Å². The Bertz CT molecular complexity index is 1080. The van der Waals surface area contributed by atoms with Crippen LogP contribution >= 0.6 is 11.6 Å². The van der Waals surface area contributed by atoms with Crippen LogP contribution in [0.25, 0.3) is 12.2 Å². The van der Waals surface area contributed by atoms with Crippen LogP contribution in [0.5, 0.6) is 0 Å². The van der Waals surface area contributed by atoms with Crippen molar-refractivity contribution in [1.29, 1.82) is 5.26 Å². The molecule has 0 bridgehead atoms. The molecule has 1 aromatic heterocycles. The van der Waals surface area contributed by atoms with Crippen LogP contribution in [-0.4, -0.2) is 21.0 Å². The van der Waals surface area contributed by atoms with E-state index in [2.05, 4.69) is 16.2 Å². The number of carbonyl (C=O) groups excluding carboxylic acids is 1. The highest BCUT2D eigenvalue weighted by Crippen LogP contribution is 2.29. The van der Waals surface area contributed by atoms with Gasteiger partial charge in [0.15, 0.2) is 0 Å². The van der Waals surface area contributed by atoms with Crippen LogP contribution in [0.1, 0.15) is 11.1 Å². The summed E-state index contributed by atoms with van der Waals surface area (Å²) in [5.41, 5.74) is 1.58. The number of aromatic nitrogens is 1. The van der Waals surface area contributed by atoms with E-state index >= 15 is 0 Å². The average Bonchev–Trinajstić information content (AvgIpc) is 2.89. The summed E-state index contributed by atoms with van der Waals surface area (Å²) in [4.78, 5) is 16.8. The van der Waals surface area contributed by atoms with Crippen LogP contribution in [-0.2, 0) is 14.3 Å². The normalized spacial score (nSPS) is 18.5. The standard InChI is InChI=1S/C18H12ClN3O2S/c1-25(24)8-6-12-4-5-15(10-16(12)25)22-18(23)14(11-20)9-13-3-2-7-21-17(13)19/h2-10H,1H2,(H,22,23)/b14-9+. The fourth-order valence-corrected chi connectivity index (χ4v) is 3.86. The fourth-order valence-electron chi connectivity index (χ4n) is 2.31. The minimum absolute atomic E-state index is 0.121. The topological polar surface area (TPSA) is 82.9 Å². The zero-order valence-electron chi connectivity index (χ0n) is 12.9. The molecule has 7 heteroatoms. The van der Waals surface area contributed by atoms with Crippen molar-refractivity contribution in [3.8, 4) is 6.07 Å². The molecule has 2 aromatic rings.